The molecule has 2 nitrogen and oxygen atoms in total. The van der Waals surface area contributed by atoms with E-state index < -0.39 is 0 Å². The van der Waals surface area contributed by atoms with E-state index in [2.05, 4.69) is 29.3 Å². The van der Waals surface area contributed by atoms with Gasteiger partial charge in [0.2, 0.25) is 0 Å². The maximum atomic E-state index is 6.03. The van der Waals surface area contributed by atoms with Crippen LogP contribution >= 0.6 is 11.6 Å². The summed E-state index contributed by atoms with van der Waals surface area (Å²) < 4.78 is 0. The Morgan fingerprint density at radius 1 is 1.44 bits per heavy atom. The third-order valence-corrected chi connectivity index (χ3v) is 3.66. The van der Waals surface area contributed by atoms with Crippen molar-refractivity contribution < 1.29 is 0 Å². The first-order chi connectivity index (χ1) is 7.70. The van der Waals surface area contributed by atoms with Crippen molar-refractivity contribution in [3.63, 3.8) is 0 Å². The number of hydrogen-bond donors (Lipinski definition) is 1. The lowest BCUT2D eigenvalue weighted by Gasteiger charge is -2.39. The molecule has 0 radical (unpaired) electrons. The highest BCUT2D eigenvalue weighted by atomic mass is 35.5. The van der Waals surface area contributed by atoms with E-state index in [1.165, 1.54) is 18.5 Å². The second-order valence-corrected chi connectivity index (χ2v) is 4.97. The molecule has 1 aliphatic rings. The third-order valence-electron chi connectivity index (χ3n) is 3.42. The molecule has 88 valence electrons. The summed E-state index contributed by atoms with van der Waals surface area (Å²) in [5, 5.41) is 4.18. The Labute approximate surface area is 103 Å². The number of nitrogens with one attached hydrogen (secondary N) is 1. The van der Waals surface area contributed by atoms with Gasteiger partial charge in [-0.05, 0) is 45.0 Å². The van der Waals surface area contributed by atoms with Gasteiger partial charge in [0, 0.05) is 29.3 Å². The van der Waals surface area contributed by atoms with Gasteiger partial charge in [0.05, 0.1) is 0 Å². The minimum atomic E-state index is 0.574. The quantitative estimate of drug-likeness (QED) is 0.853. The summed E-state index contributed by atoms with van der Waals surface area (Å²) in [7, 11) is 2.05. The molecule has 1 aromatic rings. The molecular weight excluding hydrogens is 220 g/mol. The molecule has 2 atom stereocenters. The highest BCUT2D eigenvalue weighted by Crippen LogP contribution is 2.26. The number of rotatable bonds is 2. The van der Waals surface area contributed by atoms with Gasteiger partial charge in [0.15, 0.2) is 0 Å². The Kier molecular flexibility index (Phi) is 3.72. The molecule has 1 fully saturated rings. The molecule has 1 saturated heterocycles. The molecule has 16 heavy (non-hydrogen) atoms. The lowest BCUT2D eigenvalue weighted by atomic mass is 9.98. The SMILES string of the molecule is CNC1CCN(c2cccc(Cl)c2)C(C)C1. The Bertz CT molecular complexity index is 354. The molecule has 1 heterocycles. The largest absolute Gasteiger partial charge is 0.369 e. The van der Waals surface area contributed by atoms with Gasteiger partial charge in [-0.15, -0.1) is 0 Å². The molecule has 0 aliphatic carbocycles. The lowest BCUT2D eigenvalue weighted by Crippen LogP contribution is -2.46. The van der Waals surface area contributed by atoms with E-state index >= 15 is 0 Å². The van der Waals surface area contributed by atoms with Crippen molar-refractivity contribution in [2.45, 2.75) is 31.8 Å². The Hall–Kier alpha value is -0.730. The van der Waals surface area contributed by atoms with Crippen molar-refractivity contribution in [3.8, 4) is 0 Å². The van der Waals surface area contributed by atoms with Gasteiger partial charge in [-0.1, -0.05) is 17.7 Å². The normalized spacial score (nSPS) is 25.8. The number of benzene rings is 1. The average molecular weight is 239 g/mol. The van der Waals surface area contributed by atoms with Gasteiger partial charge in [0.1, 0.15) is 0 Å². The molecule has 0 spiro atoms. The van der Waals surface area contributed by atoms with Crippen molar-refractivity contribution in [2.75, 3.05) is 18.5 Å². The maximum absolute atomic E-state index is 6.03. The zero-order valence-electron chi connectivity index (χ0n) is 9.91. The summed E-state index contributed by atoms with van der Waals surface area (Å²) in [6, 6.07) is 9.37. The van der Waals surface area contributed by atoms with Crippen molar-refractivity contribution in [3.05, 3.63) is 29.3 Å². The third kappa shape index (κ3) is 2.50. The van der Waals surface area contributed by atoms with Gasteiger partial charge >= 0.3 is 0 Å². The summed E-state index contributed by atoms with van der Waals surface area (Å²) in [4.78, 5) is 2.44. The monoisotopic (exact) mass is 238 g/mol. The Balaban J connectivity index is 2.11. The van der Waals surface area contributed by atoms with Crippen LogP contribution < -0.4 is 10.2 Å². The van der Waals surface area contributed by atoms with Crippen molar-refractivity contribution >= 4 is 17.3 Å². The predicted octanol–water partition coefficient (Wildman–Crippen LogP) is 2.92. The van der Waals surface area contributed by atoms with Crippen molar-refractivity contribution in [2.24, 2.45) is 0 Å². The first-order valence-corrected chi connectivity index (χ1v) is 6.28. The summed E-state index contributed by atoms with van der Waals surface area (Å²) in [6.07, 6.45) is 2.40. The van der Waals surface area contributed by atoms with Crippen LogP contribution in [0.4, 0.5) is 5.69 Å². The van der Waals surface area contributed by atoms with E-state index in [0.29, 0.717) is 12.1 Å². The van der Waals surface area contributed by atoms with E-state index in [9.17, 15) is 0 Å². The molecule has 2 unspecified atom stereocenters. The average Bonchev–Trinajstić information content (AvgIpc) is 2.28. The van der Waals surface area contributed by atoms with E-state index in [4.69, 9.17) is 11.6 Å². The second-order valence-electron chi connectivity index (χ2n) is 4.53. The first-order valence-electron chi connectivity index (χ1n) is 5.90. The Morgan fingerprint density at radius 3 is 2.88 bits per heavy atom. The number of anilines is 1. The Morgan fingerprint density at radius 2 is 2.25 bits per heavy atom. The fourth-order valence-electron chi connectivity index (χ4n) is 2.47. The second kappa shape index (κ2) is 5.07. The molecule has 0 aromatic heterocycles. The summed E-state index contributed by atoms with van der Waals surface area (Å²) in [6.45, 7) is 3.39. The van der Waals surface area contributed by atoms with Crippen LogP contribution in [0.25, 0.3) is 0 Å². The fourth-order valence-corrected chi connectivity index (χ4v) is 2.66. The molecule has 1 N–H and O–H groups in total. The number of piperidine rings is 1. The molecule has 1 aliphatic heterocycles. The fraction of sp³-hybridized carbons (Fsp3) is 0.538. The van der Waals surface area contributed by atoms with Crippen LogP contribution in [0.2, 0.25) is 5.02 Å². The minimum absolute atomic E-state index is 0.574. The molecule has 0 bridgehead atoms. The van der Waals surface area contributed by atoms with E-state index in [-0.39, 0.29) is 0 Å². The van der Waals surface area contributed by atoms with Crippen molar-refractivity contribution in [1.29, 1.82) is 0 Å². The first kappa shape index (κ1) is 11.7. The highest BCUT2D eigenvalue weighted by Gasteiger charge is 2.24. The smallest absolute Gasteiger partial charge is 0.0426 e. The molecule has 1 aromatic carbocycles. The van der Waals surface area contributed by atoms with Crippen LogP contribution in [0.3, 0.4) is 0 Å². The van der Waals surface area contributed by atoms with Crippen LogP contribution in [-0.2, 0) is 0 Å². The molecule has 0 amide bonds. The van der Waals surface area contributed by atoms with Crippen LogP contribution in [-0.4, -0.2) is 25.7 Å². The molecule has 3 heteroatoms. The van der Waals surface area contributed by atoms with Gasteiger partial charge in [-0.3, -0.25) is 0 Å². The summed E-state index contributed by atoms with van der Waals surface area (Å²) in [5.74, 6) is 0. The van der Waals surface area contributed by atoms with Gasteiger partial charge in [-0.2, -0.15) is 0 Å². The zero-order chi connectivity index (χ0) is 11.5. The lowest BCUT2D eigenvalue weighted by molar-refractivity contribution is 0.387. The number of nitrogens with zero attached hydrogens (tertiary/aromatic N) is 1. The van der Waals surface area contributed by atoms with Crippen LogP contribution in [0.15, 0.2) is 24.3 Å². The maximum Gasteiger partial charge on any atom is 0.0426 e. The van der Waals surface area contributed by atoms with E-state index in [1.807, 2.05) is 19.2 Å². The summed E-state index contributed by atoms with van der Waals surface area (Å²) in [5.41, 5.74) is 1.24. The topological polar surface area (TPSA) is 15.3 Å². The standard InChI is InChI=1S/C13H19ClN2/c1-10-8-12(15-2)6-7-16(10)13-5-3-4-11(14)9-13/h3-5,9-10,12,15H,6-8H2,1-2H3. The zero-order valence-corrected chi connectivity index (χ0v) is 10.7. The summed E-state index contributed by atoms with van der Waals surface area (Å²) >= 11 is 6.03. The number of halogens is 1. The van der Waals surface area contributed by atoms with Gasteiger partial charge in [0.25, 0.3) is 0 Å². The molecule has 0 saturated carbocycles. The van der Waals surface area contributed by atoms with E-state index in [1.54, 1.807) is 0 Å². The van der Waals surface area contributed by atoms with Gasteiger partial charge in [-0.25, -0.2) is 0 Å². The van der Waals surface area contributed by atoms with Crippen LogP contribution in [0.5, 0.6) is 0 Å². The van der Waals surface area contributed by atoms with Crippen LogP contribution in [0.1, 0.15) is 19.8 Å². The van der Waals surface area contributed by atoms with Crippen molar-refractivity contribution in [1.82, 2.24) is 5.32 Å². The van der Waals surface area contributed by atoms with Gasteiger partial charge < -0.3 is 10.2 Å². The minimum Gasteiger partial charge on any atom is -0.369 e. The van der Waals surface area contributed by atoms with E-state index in [0.717, 1.165) is 11.6 Å². The van der Waals surface area contributed by atoms with Crippen LogP contribution in [0, 0.1) is 0 Å². The highest BCUT2D eigenvalue weighted by molar-refractivity contribution is 6.30. The number of hydrogen-bond acceptors (Lipinski definition) is 2. The predicted molar refractivity (Wildman–Crippen MR) is 70.3 cm³/mol. The molecule has 2 rings (SSSR count). The molecular formula is C13H19ClN2.